The van der Waals surface area contributed by atoms with Crippen LogP contribution >= 0.6 is 0 Å². The van der Waals surface area contributed by atoms with E-state index in [4.69, 9.17) is 9.40 Å². The Labute approximate surface area is 226 Å². The first-order valence-electron chi connectivity index (χ1n) is 11.7. The maximum absolute atomic E-state index is 5.93. The predicted octanol–water partition coefficient (Wildman–Crippen LogP) is 7.54. The van der Waals surface area contributed by atoms with Crippen LogP contribution in [0.2, 0.25) is 19.6 Å². The third-order valence-corrected chi connectivity index (χ3v) is 7.85. The van der Waals surface area contributed by atoms with Crippen LogP contribution in [0.4, 0.5) is 0 Å². The number of furan rings is 1. The second-order valence-electron chi connectivity index (χ2n) is 9.35. The molecular weight excluding hydrogens is 637 g/mol. The van der Waals surface area contributed by atoms with Crippen molar-refractivity contribution in [3.8, 4) is 22.5 Å². The number of fused-ring (bicyclic) bond motifs is 3. The summed E-state index contributed by atoms with van der Waals surface area (Å²) in [6, 6.07) is 38.7. The SMILES string of the molecule is C[Si](C)(C)c1ccc[c-]c1-c1ccc2c(n1)oc1ccccc12.[Ir].[c-]1ccccc1-c1ccccn1. The Kier molecular flexibility index (Phi) is 7.95. The third-order valence-electron chi connectivity index (χ3n) is 5.81. The molecule has 6 aromatic rings. The molecule has 0 amide bonds. The molecule has 3 heterocycles. The van der Waals surface area contributed by atoms with Crippen molar-refractivity contribution in [2.45, 2.75) is 19.6 Å². The van der Waals surface area contributed by atoms with Crippen LogP contribution < -0.4 is 5.19 Å². The Bertz CT molecular complexity index is 1540. The molecule has 0 atom stereocenters. The van der Waals surface area contributed by atoms with Gasteiger partial charge in [0.1, 0.15) is 5.58 Å². The summed E-state index contributed by atoms with van der Waals surface area (Å²) in [6.45, 7) is 7.04. The third kappa shape index (κ3) is 5.54. The van der Waals surface area contributed by atoms with E-state index in [2.05, 4.69) is 67.1 Å². The molecule has 0 saturated heterocycles. The number of hydrogen-bond donors (Lipinski definition) is 0. The van der Waals surface area contributed by atoms with Gasteiger partial charge in [-0.15, -0.1) is 70.9 Å². The van der Waals surface area contributed by atoms with Crippen LogP contribution in [0.25, 0.3) is 44.6 Å². The summed E-state index contributed by atoms with van der Waals surface area (Å²) >= 11 is 0. The minimum atomic E-state index is -1.46. The Balaban J connectivity index is 0.000000198. The van der Waals surface area contributed by atoms with Crippen molar-refractivity contribution in [1.29, 1.82) is 0 Å². The van der Waals surface area contributed by atoms with E-state index in [0.29, 0.717) is 5.71 Å². The molecule has 0 aliphatic rings. The van der Waals surface area contributed by atoms with Gasteiger partial charge < -0.3 is 9.40 Å². The molecule has 3 aromatic heterocycles. The largest absolute Gasteiger partial charge is 0.439 e. The van der Waals surface area contributed by atoms with E-state index in [1.807, 2.05) is 66.7 Å². The normalized spacial score (nSPS) is 11.0. The smallest absolute Gasteiger partial charge is 0.218 e. The average Bonchev–Trinajstić information content (AvgIpc) is 3.27. The van der Waals surface area contributed by atoms with Crippen LogP contribution in [0.3, 0.4) is 0 Å². The van der Waals surface area contributed by atoms with Gasteiger partial charge in [-0.1, -0.05) is 62.1 Å². The van der Waals surface area contributed by atoms with Crippen LogP contribution in [0.5, 0.6) is 0 Å². The van der Waals surface area contributed by atoms with Gasteiger partial charge in [0.05, 0.1) is 0 Å². The van der Waals surface area contributed by atoms with E-state index in [1.54, 1.807) is 6.20 Å². The van der Waals surface area contributed by atoms with Crippen LogP contribution in [0.1, 0.15) is 0 Å². The fourth-order valence-electron chi connectivity index (χ4n) is 4.09. The van der Waals surface area contributed by atoms with Gasteiger partial charge in [0.25, 0.3) is 0 Å². The Morgan fingerprint density at radius 1 is 0.694 bits per heavy atom. The van der Waals surface area contributed by atoms with Crippen molar-refractivity contribution < 1.29 is 24.5 Å². The molecule has 0 saturated carbocycles. The maximum Gasteiger partial charge on any atom is 0.218 e. The molecule has 0 aliphatic heterocycles. The van der Waals surface area contributed by atoms with Gasteiger partial charge in [-0.05, 0) is 23.5 Å². The fraction of sp³-hybridized carbons (Fsp3) is 0.0968. The molecule has 3 aromatic carbocycles. The quantitative estimate of drug-likeness (QED) is 0.145. The number of rotatable bonds is 3. The van der Waals surface area contributed by atoms with Gasteiger partial charge in [0, 0.05) is 45.1 Å². The number of para-hydroxylation sites is 1. The van der Waals surface area contributed by atoms with Gasteiger partial charge in [-0.25, -0.2) is 0 Å². The monoisotopic (exact) mass is 663 g/mol. The zero-order valence-electron chi connectivity index (χ0n) is 20.5. The number of aromatic nitrogens is 2. The fourth-order valence-corrected chi connectivity index (χ4v) is 5.64. The van der Waals surface area contributed by atoms with Crippen molar-refractivity contribution in [1.82, 2.24) is 9.97 Å². The molecule has 3 nitrogen and oxygen atoms in total. The van der Waals surface area contributed by atoms with Gasteiger partial charge in [-0.2, -0.15) is 0 Å². The molecule has 5 heteroatoms. The van der Waals surface area contributed by atoms with Gasteiger partial charge >= 0.3 is 0 Å². The summed E-state index contributed by atoms with van der Waals surface area (Å²) in [5.74, 6) is 0. The van der Waals surface area contributed by atoms with Crippen molar-refractivity contribution in [2.75, 3.05) is 0 Å². The average molecular weight is 663 g/mol. The Morgan fingerprint density at radius 3 is 2.22 bits per heavy atom. The summed E-state index contributed by atoms with van der Waals surface area (Å²) in [4.78, 5) is 9.00. The molecular formula is C31H26IrN2OSi-2. The number of pyridine rings is 2. The van der Waals surface area contributed by atoms with E-state index < -0.39 is 8.07 Å². The van der Waals surface area contributed by atoms with E-state index in [9.17, 15) is 0 Å². The molecule has 0 unspecified atom stereocenters. The first kappa shape index (κ1) is 25.7. The number of benzene rings is 3. The Morgan fingerprint density at radius 2 is 1.47 bits per heavy atom. The summed E-state index contributed by atoms with van der Waals surface area (Å²) in [7, 11) is -1.46. The summed E-state index contributed by atoms with van der Waals surface area (Å²) in [5, 5.41) is 3.56. The first-order valence-corrected chi connectivity index (χ1v) is 15.2. The van der Waals surface area contributed by atoms with Crippen molar-refractivity contribution >= 4 is 35.3 Å². The van der Waals surface area contributed by atoms with Gasteiger partial charge in [0.15, 0.2) is 0 Å². The topological polar surface area (TPSA) is 38.9 Å². The van der Waals surface area contributed by atoms with Crippen molar-refractivity contribution in [2.24, 2.45) is 0 Å². The molecule has 0 bridgehead atoms. The number of nitrogens with zero attached hydrogens (tertiary/aromatic N) is 2. The van der Waals surface area contributed by atoms with Crippen LogP contribution in [-0.2, 0) is 20.1 Å². The van der Waals surface area contributed by atoms with Crippen LogP contribution in [-0.4, -0.2) is 18.0 Å². The molecule has 0 N–H and O–H groups in total. The van der Waals surface area contributed by atoms with Crippen LogP contribution in [0.15, 0.2) is 108 Å². The molecule has 0 fully saturated rings. The summed E-state index contributed by atoms with van der Waals surface area (Å²) in [6.07, 6.45) is 1.79. The molecule has 181 valence electrons. The van der Waals surface area contributed by atoms with Gasteiger partial charge in [-0.3, -0.25) is 4.98 Å². The summed E-state index contributed by atoms with van der Waals surface area (Å²) < 4.78 is 5.93. The van der Waals surface area contributed by atoms with E-state index in [1.165, 1.54) is 5.19 Å². The first-order chi connectivity index (χ1) is 17.0. The van der Waals surface area contributed by atoms with Crippen molar-refractivity contribution in [3.05, 3.63) is 115 Å². The van der Waals surface area contributed by atoms with Crippen LogP contribution in [0, 0.1) is 12.1 Å². The zero-order valence-corrected chi connectivity index (χ0v) is 23.8. The van der Waals surface area contributed by atoms with E-state index in [0.717, 1.165) is 38.9 Å². The predicted molar refractivity (Wildman–Crippen MR) is 147 cm³/mol. The zero-order chi connectivity index (χ0) is 24.3. The molecule has 0 spiro atoms. The molecule has 36 heavy (non-hydrogen) atoms. The molecule has 0 aliphatic carbocycles. The van der Waals surface area contributed by atoms with Gasteiger partial charge in [0.2, 0.25) is 5.71 Å². The summed E-state index contributed by atoms with van der Waals surface area (Å²) in [5.41, 5.74) is 5.64. The minimum Gasteiger partial charge on any atom is -0.439 e. The van der Waals surface area contributed by atoms with Crippen molar-refractivity contribution in [3.63, 3.8) is 0 Å². The molecule has 6 rings (SSSR count). The standard InChI is InChI=1S/C20H18NOSi.C11H8N.Ir/c1-23(2,3)19-11-7-5-9-16(19)17-13-12-15-14-8-4-6-10-18(14)22-20(15)21-17;1-2-6-10(7-3-1)11-8-4-5-9-12-11;/h4-8,10-13H,1-3H3;1-6,8-9H;/q2*-1;. The van der Waals surface area contributed by atoms with E-state index in [-0.39, 0.29) is 20.1 Å². The minimum absolute atomic E-state index is 0. The number of hydrogen-bond acceptors (Lipinski definition) is 3. The Hall–Kier alpha value is -3.37. The molecule has 1 radical (unpaired) electrons. The second kappa shape index (κ2) is 11.1. The second-order valence-corrected chi connectivity index (χ2v) is 14.4. The maximum atomic E-state index is 5.93. The van der Waals surface area contributed by atoms with E-state index >= 15 is 0 Å².